The highest BCUT2D eigenvalue weighted by molar-refractivity contribution is 6.09. The summed E-state index contributed by atoms with van der Waals surface area (Å²) in [5.74, 6) is 0.832. The van der Waals surface area contributed by atoms with Gasteiger partial charge in [-0.1, -0.05) is 38.1 Å². The molecule has 3 aliphatic rings. The van der Waals surface area contributed by atoms with Crippen molar-refractivity contribution < 1.29 is 14.4 Å². The van der Waals surface area contributed by atoms with E-state index in [1.807, 2.05) is 24.3 Å². The van der Waals surface area contributed by atoms with Crippen molar-refractivity contribution in [2.45, 2.75) is 45.1 Å². The van der Waals surface area contributed by atoms with Crippen LogP contribution in [-0.2, 0) is 21.5 Å². The van der Waals surface area contributed by atoms with E-state index in [1.165, 1.54) is 6.42 Å². The molecular weight excluding hydrogens is 380 g/mol. The number of rotatable bonds is 6. The topological polar surface area (TPSA) is 81.8 Å². The zero-order valence-corrected chi connectivity index (χ0v) is 17.9. The van der Waals surface area contributed by atoms with Gasteiger partial charge in [-0.05, 0) is 55.2 Å². The second kappa shape index (κ2) is 8.38. The highest BCUT2D eigenvalue weighted by Crippen LogP contribution is 2.41. The molecule has 7 heteroatoms. The number of amides is 4. The maximum absolute atomic E-state index is 13.1. The Labute approximate surface area is 178 Å². The largest absolute Gasteiger partial charge is 0.354 e. The number of hydrogen-bond donors (Lipinski definition) is 2. The first-order valence-electron chi connectivity index (χ1n) is 11.1. The molecule has 3 atom stereocenters. The summed E-state index contributed by atoms with van der Waals surface area (Å²) in [6.07, 6.45) is 3.44. The summed E-state index contributed by atoms with van der Waals surface area (Å²) in [5, 5.41) is 5.73. The van der Waals surface area contributed by atoms with Crippen LogP contribution in [0.3, 0.4) is 0 Å². The van der Waals surface area contributed by atoms with E-state index in [4.69, 9.17) is 0 Å². The lowest BCUT2D eigenvalue weighted by atomic mass is 9.92. The average molecular weight is 413 g/mol. The van der Waals surface area contributed by atoms with Crippen molar-refractivity contribution in [2.75, 3.05) is 32.7 Å². The van der Waals surface area contributed by atoms with E-state index in [-0.39, 0.29) is 18.4 Å². The molecule has 4 rings (SSSR count). The lowest BCUT2D eigenvalue weighted by molar-refractivity contribution is -0.135. The number of fused-ring (bicyclic) bond motifs is 2. The Bertz CT molecular complexity index is 831. The van der Waals surface area contributed by atoms with Gasteiger partial charge in [0.05, 0.1) is 0 Å². The van der Waals surface area contributed by atoms with Crippen molar-refractivity contribution >= 4 is 17.8 Å². The van der Waals surface area contributed by atoms with E-state index in [1.54, 1.807) is 0 Å². The molecule has 2 N–H and O–H groups in total. The van der Waals surface area contributed by atoms with Crippen LogP contribution in [-0.4, -0.2) is 60.4 Å². The second-order valence-corrected chi connectivity index (χ2v) is 9.29. The second-order valence-electron chi connectivity index (χ2n) is 9.29. The number of likely N-dealkylation sites (tertiary alicyclic amines) is 1. The van der Waals surface area contributed by atoms with Gasteiger partial charge in [-0.25, -0.2) is 4.79 Å². The first-order valence-corrected chi connectivity index (χ1v) is 11.1. The number of carbonyl (C=O) groups is 3. The molecule has 0 aromatic heterocycles. The van der Waals surface area contributed by atoms with Crippen molar-refractivity contribution in [3.63, 3.8) is 0 Å². The molecule has 2 saturated heterocycles. The molecule has 2 aliphatic heterocycles. The third-order valence-electron chi connectivity index (χ3n) is 6.64. The third-order valence-corrected chi connectivity index (χ3v) is 6.64. The Kier molecular flexibility index (Phi) is 5.82. The van der Waals surface area contributed by atoms with Gasteiger partial charge in [-0.15, -0.1) is 0 Å². The maximum Gasteiger partial charge on any atom is 0.325 e. The summed E-state index contributed by atoms with van der Waals surface area (Å²) >= 11 is 0. The number of urea groups is 1. The van der Waals surface area contributed by atoms with Crippen molar-refractivity contribution in [1.29, 1.82) is 0 Å². The number of imide groups is 1. The van der Waals surface area contributed by atoms with Crippen molar-refractivity contribution in [1.82, 2.24) is 20.4 Å². The molecule has 1 aliphatic carbocycles. The Balaban J connectivity index is 1.27. The van der Waals surface area contributed by atoms with Gasteiger partial charge in [0.25, 0.3) is 5.91 Å². The number of aryl methyl sites for hydroxylation is 1. The van der Waals surface area contributed by atoms with E-state index >= 15 is 0 Å². The molecule has 0 radical (unpaired) electrons. The lowest BCUT2D eigenvalue weighted by Gasteiger charge is -2.34. The highest BCUT2D eigenvalue weighted by Gasteiger charge is 2.55. The predicted octanol–water partition coefficient (Wildman–Crippen LogP) is 1.86. The summed E-state index contributed by atoms with van der Waals surface area (Å²) in [6, 6.07) is 7.22. The molecule has 0 saturated carbocycles. The Morgan fingerprint density at radius 1 is 1.20 bits per heavy atom. The monoisotopic (exact) mass is 412 g/mol. The van der Waals surface area contributed by atoms with Gasteiger partial charge in [-0.2, -0.15) is 0 Å². The highest BCUT2D eigenvalue weighted by atomic mass is 16.2. The first kappa shape index (κ1) is 20.8. The summed E-state index contributed by atoms with van der Waals surface area (Å²) in [7, 11) is 0. The summed E-state index contributed by atoms with van der Waals surface area (Å²) < 4.78 is 0. The van der Waals surface area contributed by atoms with Crippen LogP contribution < -0.4 is 10.6 Å². The molecule has 162 valence electrons. The van der Waals surface area contributed by atoms with Crippen LogP contribution in [0.15, 0.2) is 24.3 Å². The molecular formula is C23H32N4O3. The molecule has 2 heterocycles. The van der Waals surface area contributed by atoms with Crippen molar-refractivity contribution in [2.24, 2.45) is 11.8 Å². The Morgan fingerprint density at radius 3 is 2.70 bits per heavy atom. The summed E-state index contributed by atoms with van der Waals surface area (Å²) in [6.45, 7) is 8.09. The van der Waals surface area contributed by atoms with Crippen LogP contribution in [0, 0.1) is 11.8 Å². The van der Waals surface area contributed by atoms with E-state index in [9.17, 15) is 14.4 Å². The van der Waals surface area contributed by atoms with E-state index in [2.05, 4.69) is 29.4 Å². The molecule has 1 aromatic rings. The smallest absolute Gasteiger partial charge is 0.325 e. The normalized spacial score (nSPS) is 28.7. The van der Waals surface area contributed by atoms with Gasteiger partial charge in [-0.3, -0.25) is 14.5 Å². The van der Waals surface area contributed by atoms with E-state index < -0.39 is 11.6 Å². The van der Waals surface area contributed by atoms with Crippen molar-refractivity contribution in [3.8, 4) is 0 Å². The van der Waals surface area contributed by atoms with Gasteiger partial charge < -0.3 is 15.5 Å². The van der Waals surface area contributed by atoms with Crippen molar-refractivity contribution in [3.05, 3.63) is 35.4 Å². The van der Waals surface area contributed by atoms with Crippen LogP contribution in [0.2, 0.25) is 0 Å². The Hall–Kier alpha value is -2.41. The minimum atomic E-state index is -1.00. The van der Waals surface area contributed by atoms with Gasteiger partial charge in [0, 0.05) is 19.6 Å². The van der Waals surface area contributed by atoms with Gasteiger partial charge in [0.2, 0.25) is 5.91 Å². The Morgan fingerprint density at radius 2 is 1.93 bits per heavy atom. The molecule has 0 bridgehead atoms. The molecule has 1 aromatic carbocycles. The van der Waals surface area contributed by atoms with Crippen LogP contribution in [0.1, 0.15) is 44.2 Å². The van der Waals surface area contributed by atoms with E-state index in [0.29, 0.717) is 13.0 Å². The lowest BCUT2D eigenvalue weighted by Crippen LogP contribution is -2.44. The van der Waals surface area contributed by atoms with Crippen LogP contribution in [0.4, 0.5) is 4.79 Å². The number of carbonyl (C=O) groups excluding carboxylic acids is 3. The average Bonchev–Trinajstić information content (AvgIpc) is 3.18. The number of benzene rings is 1. The number of nitrogens with zero attached hydrogens (tertiary/aromatic N) is 2. The van der Waals surface area contributed by atoms with Crippen LogP contribution in [0.5, 0.6) is 0 Å². The zero-order valence-electron chi connectivity index (χ0n) is 17.9. The molecule has 30 heavy (non-hydrogen) atoms. The fraction of sp³-hybridized carbons (Fsp3) is 0.609. The fourth-order valence-corrected chi connectivity index (χ4v) is 5.44. The number of hydrogen-bond acceptors (Lipinski definition) is 4. The predicted molar refractivity (Wildman–Crippen MR) is 114 cm³/mol. The SMILES string of the molecule is CC1CC(C)CN(CCCNC(=O)CN2C(=O)NC3(CCc4ccccc43)C2=O)C1. The molecule has 7 nitrogen and oxygen atoms in total. The quantitative estimate of drug-likeness (QED) is 0.552. The van der Waals surface area contributed by atoms with Gasteiger partial charge in [0.1, 0.15) is 12.1 Å². The minimum absolute atomic E-state index is 0.230. The third kappa shape index (κ3) is 3.95. The molecule has 4 amide bonds. The number of nitrogens with one attached hydrogen (secondary N) is 2. The standard InChI is InChI=1S/C23H32N4O3/c1-16-12-17(2)14-26(13-16)11-5-10-24-20(28)15-27-21(29)23(25-22(27)30)9-8-18-6-3-4-7-19(18)23/h3-4,6-7,16-17H,5,8-15H2,1-2H3,(H,24,28)(H,25,30). The minimum Gasteiger partial charge on any atom is -0.354 e. The van der Waals surface area contributed by atoms with Crippen LogP contribution >= 0.6 is 0 Å². The molecule has 2 fully saturated rings. The molecule has 3 unspecified atom stereocenters. The maximum atomic E-state index is 13.1. The fourth-order valence-electron chi connectivity index (χ4n) is 5.44. The van der Waals surface area contributed by atoms with Crippen LogP contribution in [0.25, 0.3) is 0 Å². The molecule has 1 spiro atoms. The summed E-state index contributed by atoms with van der Waals surface area (Å²) in [4.78, 5) is 41.5. The number of piperidine rings is 1. The first-order chi connectivity index (χ1) is 14.4. The zero-order chi connectivity index (χ0) is 21.3. The van der Waals surface area contributed by atoms with Gasteiger partial charge >= 0.3 is 6.03 Å². The van der Waals surface area contributed by atoms with Gasteiger partial charge in [0.15, 0.2) is 0 Å². The van der Waals surface area contributed by atoms with E-state index in [0.717, 1.165) is 60.3 Å². The summed E-state index contributed by atoms with van der Waals surface area (Å²) in [5.41, 5.74) is 0.935.